The van der Waals surface area contributed by atoms with E-state index in [1.54, 1.807) is 36.4 Å². The number of aromatic nitrogens is 1. The summed E-state index contributed by atoms with van der Waals surface area (Å²) < 4.78 is 25.5. The number of hydrogen-bond acceptors (Lipinski definition) is 4. The van der Waals surface area contributed by atoms with Crippen LogP contribution in [0.5, 0.6) is 0 Å². The van der Waals surface area contributed by atoms with Crippen molar-refractivity contribution in [3.63, 3.8) is 0 Å². The Kier molecular flexibility index (Phi) is 6.76. The van der Waals surface area contributed by atoms with Crippen molar-refractivity contribution in [2.75, 3.05) is 11.0 Å². The number of H-pyrrole nitrogens is 1. The number of carboxylic acids is 1. The number of rotatable bonds is 8. The molecule has 0 radical (unpaired) electrons. The molecule has 168 valence electrons. The van der Waals surface area contributed by atoms with Gasteiger partial charge < -0.3 is 10.1 Å². The summed E-state index contributed by atoms with van der Waals surface area (Å²) in [5, 5.41) is 9.87. The second-order valence-corrected chi connectivity index (χ2v) is 9.88. The van der Waals surface area contributed by atoms with Crippen molar-refractivity contribution in [3.8, 4) is 0 Å². The first-order valence-corrected chi connectivity index (χ1v) is 12.0. The first-order valence-electron chi connectivity index (χ1n) is 9.77. The van der Waals surface area contributed by atoms with Gasteiger partial charge in [0.25, 0.3) is 0 Å². The summed E-state index contributed by atoms with van der Waals surface area (Å²) in [6.07, 6.45) is 0.760. The van der Waals surface area contributed by atoms with E-state index in [1.165, 1.54) is 6.07 Å². The van der Waals surface area contributed by atoms with E-state index in [-0.39, 0.29) is 18.1 Å². The van der Waals surface area contributed by atoms with Crippen molar-refractivity contribution in [2.45, 2.75) is 26.2 Å². The molecule has 3 rings (SSSR count). The van der Waals surface area contributed by atoms with Crippen LogP contribution in [0.3, 0.4) is 0 Å². The molecule has 0 amide bonds. The van der Waals surface area contributed by atoms with Gasteiger partial charge in [-0.2, -0.15) is 0 Å². The second-order valence-electron chi connectivity index (χ2n) is 7.70. The Bertz CT molecular complexity index is 1280. The average molecular weight is 475 g/mol. The Labute approximate surface area is 191 Å². The van der Waals surface area contributed by atoms with Gasteiger partial charge in [-0.15, -0.1) is 0 Å². The van der Waals surface area contributed by atoms with Gasteiger partial charge in [0.15, 0.2) is 0 Å². The number of nitrogens with one attached hydrogen (secondary N) is 2. The highest BCUT2D eigenvalue weighted by Crippen LogP contribution is 2.31. The minimum Gasteiger partial charge on any atom is -0.481 e. The number of sulfonamides is 1. The molecular weight excluding hydrogens is 452 g/mol. The number of carbonyl (C=O) groups is 2. The summed E-state index contributed by atoms with van der Waals surface area (Å²) in [7, 11) is -3.50. The Morgan fingerprint density at radius 3 is 2.38 bits per heavy atom. The lowest BCUT2D eigenvalue weighted by molar-refractivity contribution is -0.136. The minimum atomic E-state index is -3.50. The van der Waals surface area contributed by atoms with Crippen molar-refractivity contribution in [1.29, 1.82) is 0 Å². The Hall–Kier alpha value is -3.10. The van der Waals surface area contributed by atoms with Crippen LogP contribution < -0.4 is 4.72 Å². The van der Waals surface area contributed by atoms with Crippen LogP contribution in [0, 0.1) is 6.92 Å². The van der Waals surface area contributed by atoms with Crippen molar-refractivity contribution in [1.82, 2.24) is 4.98 Å². The third kappa shape index (κ3) is 5.57. The maximum atomic E-state index is 12.9. The molecule has 0 aliphatic rings. The zero-order chi connectivity index (χ0) is 23.6. The molecule has 1 heterocycles. The standard InChI is InChI=1S/C23H23ClN2O5S/c1-13-10-20(25-22(13)23(29)15-4-6-17(24)7-5-15)14(2)19-9-8-18(26-32(3,30)31)11-16(19)12-21(27)28/h4-11,14,25-26H,12H2,1-3H3,(H,27,28). The van der Waals surface area contributed by atoms with Crippen LogP contribution in [0.4, 0.5) is 5.69 Å². The highest BCUT2D eigenvalue weighted by Gasteiger charge is 2.21. The number of aryl methyl sites for hydroxylation is 1. The molecule has 0 saturated heterocycles. The van der Waals surface area contributed by atoms with E-state index in [9.17, 15) is 23.1 Å². The molecule has 9 heteroatoms. The van der Waals surface area contributed by atoms with Crippen molar-refractivity contribution in [3.05, 3.63) is 87.2 Å². The minimum absolute atomic E-state index is 0.170. The summed E-state index contributed by atoms with van der Waals surface area (Å²) in [5.74, 6) is -1.46. The predicted molar refractivity (Wildman–Crippen MR) is 124 cm³/mol. The monoisotopic (exact) mass is 474 g/mol. The quantitative estimate of drug-likeness (QED) is 0.419. The van der Waals surface area contributed by atoms with Gasteiger partial charge in [-0.25, -0.2) is 8.42 Å². The molecule has 0 aliphatic heterocycles. The highest BCUT2D eigenvalue weighted by molar-refractivity contribution is 7.92. The number of hydrogen-bond donors (Lipinski definition) is 3. The molecule has 2 aromatic carbocycles. The van der Waals surface area contributed by atoms with Crippen LogP contribution in [-0.2, 0) is 21.2 Å². The molecule has 0 saturated carbocycles. The third-order valence-electron chi connectivity index (χ3n) is 5.09. The van der Waals surface area contributed by atoms with E-state index < -0.39 is 16.0 Å². The second kappa shape index (κ2) is 9.18. The number of ketones is 1. The molecule has 1 aromatic heterocycles. The van der Waals surface area contributed by atoms with Gasteiger partial charge in [0.1, 0.15) is 0 Å². The SMILES string of the molecule is Cc1cc(C(C)c2ccc(NS(C)(=O)=O)cc2CC(=O)O)[nH]c1C(=O)c1ccc(Cl)cc1. The number of benzene rings is 2. The number of aliphatic carboxylic acids is 1. The average Bonchev–Trinajstić information content (AvgIpc) is 3.08. The van der Waals surface area contributed by atoms with Crippen LogP contribution in [0.15, 0.2) is 48.5 Å². The summed E-state index contributed by atoms with van der Waals surface area (Å²) in [6.45, 7) is 3.72. The van der Waals surface area contributed by atoms with Gasteiger partial charge in [0.05, 0.1) is 18.4 Å². The van der Waals surface area contributed by atoms with E-state index in [0.717, 1.165) is 23.1 Å². The first kappa shape index (κ1) is 23.6. The van der Waals surface area contributed by atoms with E-state index in [4.69, 9.17) is 11.6 Å². The Morgan fingerprint density at radius 1 is 1.12 bits per heavy atom. The predicted octanol–water partition coefficient (Wildman–Crippen LogP) is 4.36. The van der Waals surface area contributed by atoms with Crippen molar-refractivity contribution >= 4 is 39.1 Å². The molecule has 0 bridgehead atoms. The fourth-order valence-corrected chi connectivity index (χ4v) is 4.27. The molecule has 32 heavy (non-hydrogen) atoms. The lowest BCUT2D eigenvalue weighted by Gasteiger charge is -2.17. The van der Waals surface area contributed by atoms with Gasteiger partial charge in [0.2, 0.25) is 15.8 Å². The number of carbonyl (C=O) groups excluding carboxylic acids is 1. The number of halogens is 1. The summed E-state index contributed by atoms with van der Waals surface area (Å²) in [4.78, 5) is 27.5. The van der Waals surface area contributed by atoms with E-state index in [2.05, 4.69) is 9.71 Å². The van der Waals surface area contributed by atoms with Crippen LogP contribution in [-0.4, -0.2) is 36.5 Å². The van der Waals surface area contributed by atoms with Crippen molar-refractivity contribution in [2.24, 2.45) is 0 Å². The van der Waals surface area contributed by atoms with Crippen LogP contribution in [0.1, 0.15) is 51.3 Å². The largest absolute Gasteiger partial charge is 0.481 e. The maximum absolute atomic E-state index is 12.9. The molecule has 3 aromatic rings. The van der Waals surface area contributed by atoms with Gasteiger partial charge in [0, 0.05) is 27.9 Å². The van der Waals surface area contributed by atoms with Crippen LogP contribution >= 0.6 is 11.6 Å². The number of carboxylic acid groups (broad SMARTS) is 1. The van der Waals surface area contributed by atoms with Gasteiger partial charge in [-0.05, 0) is 66.1 Å². The van der Waals surface area contributed by atoms with Crippen LogP contribution in [0.2, 0.25) is 5.02 Å². The lowest BCUT2D eigenvalue weighted by atomic mass is 9.91. The summed E-state index contributed by atoms with van der Waals surface area (Å²) >= 11 is 5.91. The molecular formula is C23H23ClN2O5S. The fraction of sp³-hybridized carbons (Fsp3) is 0.217. The van der Waals surface area contributed by atoms with Gasteiger partial charge >= 0.3 is 5.97 Å². The molecule has 1 atom stereocenters. The molecule has 7 nitrogen and oxygen atoms in total. The molecule has 0 spiro atoms. The summed E-state index contributed by atoms with van der Waals surface area (Å²) in [5.41, 5.74) is 3.96. The molecule has 3 N–H and O–H groups in total. The van der Waals surface area contributed by atoms with E-state index in [0.29, 0.717) is 27.5 Å². The lowest BCUT2D eigenvalue weighted by Crippen LogP contribution is -2.12. The third-order valence-corrected chi connectivity index (χ3v) is 5.95. The Morgan fingerprint density at radius 2 is 1.78 bits per heavy atom. The number of aromatic amines is 1. The molecule has 0 fully saturated rings. The fourth-order valence-electron chi connectivity index (χ4n) is 3.59. The van der Waals surface area contributed by atoms with Gasteiger partial charge in [-0.3, -0.25) is 14.3 Å². The first-order chi connectivity index (χ1) is 14.9. The smallest absolute Gasteiger partial charge is 0.307 e. The highest BCUT2D eigenvalue weighted by atomic mass is 35.5. The topological polar surface area (TPSA) is 116 Å². The van der Waals surface area contributed by atoms with Crippen LogP contribution in [0.25, 0.3) is 0 Å². The number of anilines is 1. The van der Waals surface area contributed by atoms with Gasteiger partial charge in [-0.1, -0.05) is 24.6 Å². The summed E-state index contributed by atoms with van der Waals surface area (Å²) in [6, 6.07) is 13.3. The maximum Gasteiger partial charge on any atom is 0.307 e. The normalized spacial score (nSPS) is 12.4. The zero-order valence-corrected chi connectivity index (χ0v) is 19.3. The van der Waals surface area contributed by atoms with E-state index in [1.807, 2.05) is 19.9 Å². The Balaban J connectivity index is 1.97. The molecule has 0 aliphatic carbocycles. The zero-order valence-electron chi connectivity index (χ0n) is 17.8. The van der Waals surface area contributed by atoms with Crippen molar-refractivity contribution < 1.29 is 23.1 Å². The molecule has 1 unspecified atom stereocenters. The van der Waals surface area contributed by atoms with E-state index >= 15 is 0 Å².